The van der Waals surface area contributed by atoms with Crippen molar-refractivity contribution >= 4 is 88.9 Å². The van der Waals surface area contributed by atoms with Crippen molar-refractivity contribution in [3.05, 3.63) is 70.3 Å². The number of hydrogen-bond donors (Lipinski definition) is 7. The number of anilines is 2. The summed E-state index contributed by atoms with van der Waals surface area (Å²) in [6.45, 7) is 7.14. The van der Waals surface area contributed by atoms with E-state index in [9.17, 15) is 58.8 Å². The maximum atomic E-state index is 13.5. The number of carbonyl (C=O) groups is 8. The van der Waals surface area contributed by atoms with Crippen LogP contribution in [-0.4, -0.2) is 132 Å². The summed E-state index contributed by atoms with van der Waals surface area (Å²) in [5.74, 6) is -8.80. The van der Waals surface area contributed by atoms with Gasteiger partial charge in [0.05, 0.1) is 46.5 Å². The van der Waals surface area contributed by atoms with Crippen LogP contribution in [0.4, 0.5) is 11.4 Å². The van der Waals surface area contributed by atoms with Gasteiger partial charge in [-0.25, -0.2) is 19.4 Å². The molecule has 5 aliphatic rings. The first-order chi connectivity index (χ1) is 31.4. The Morgan fingerprint density at radius 3 is 2.21 bits per heavy atom. The Bertz CT molecular complexity index is 2380. The molecule has 0 bridgehead atoms. The Kier molecular flexibility index (Phi) is 14.6. The lowest BCUT2D eigenvalue weighted by Gasteiger charge is -2.46. The molecule has 0 aromatic heterocycles. The fourth-order valence-electron chi connectivity index (χ4n) is 9.70. The van der Waals surface area contributed by atoms with E-state index in [0.29, 0.717) is 42.8 Å². The molecule has 19 nitrogen and oxygen atoms in total. The summed E-state index contributed by atoms with van der Waals surface area (Å²) in [5.41, 5.74) is 0.614. The van der Waals surface area contributed by atoms with E-state index < -0.39 is 89.0 Å². The molecule has 0 spiro atoms. The Balaban J connectivity index is 0.936. The van der Waals surface area contributed by atoms with Gasteiger partial charge in [-0.1, -0.05) is 26.0 Å². The quantitative estimate of drug-likeness (QED) is 0.0676. The van der Waals surface area contributed by atoms with Gasteiger partial charge in [0.2, 0.25) is 23.6 Å². The average molecular weight is 950 g/mol. The zero-order chi connectivity index (χ0) is 47.7. The second-order valence-electron chi connectivity index (χ2n) is 17.3. The highest BCUT2D eigenvalue weighted by Crippen LogP contribution is 2.52. The topological polar surface area (TPSA) is 288 Å². The number of esters is 1. The van der Waals surface area contributed by atoms with Gasteiger partial charge in [0.15, 0.2) is 0 Å². The van der Waals surface area contributed by atoms with Crippen LogP contribution in [0.3, 0.4) is 0 Å². The minimum atomic E-state index is -1.35. The van der Waals surface area contributed by atoms with E-state index in [1.807, 2.05) is 6.92 Å². The number of carbonyl (C=O) groups excluding carboxylic acids is 5. The molecule has 2 aromatic carbocycles. The molecule has 2 saturated heterocycles. The Morgan fingerprint density at radius 2 is 1.58 bits per heavy atom. The lowest BCUT2D eigenvalue weighted by molar-refractivity contribution is -0.163. The molecule has 4 aliphatic heterocycles. The van der Waals surface area contributed by atoms with Gasteiger partial charge in [0.25, 0.3) is 6.47 Å². The molecule has 21 heteroatoms. The molecule has 7 rings (SSSR count). The van der Waals surface area contributed by atoms with E-state index in [0.717, 1.165) is 0 Å². The number of aliphatic imine (C=N–C) groups is 1. The third-order valence-electron chi connectivity index (χ3n) is 13.0. The number of aromatic carboxylic acids is 1. The number of aliphatic hydroxyl groups excluding tert-OH is 1. The standard InChI is InChI=1S/C45H51N5O14S2/c1-19-33(49-40(63-18-51)37(19)65-28-12-11-23(15-28)38(53)47-26-9-5-7-24(13-26)42(56)57)32(43(58)59)22(4)64-45(62)25-8-6-10-27(14-25)48-39(54)30-16-29(17-46-30)66-36-20(2)34-31(21(3)52)41(55)50(34)35(36)44(60)61/h5-10,13-14,18-23,28-34,37,46,52H,11-12,15-17H2,1-4H3,(H,47,53)(H,48,54)(H,56,57)(H,58,59)(H,60,61)/t19-,20-,21-,22-,23+,28-,29+,30+,31-,32-,33-,34-,37?/m1/s1. The zero-order valence-electron chi connectivity index (χ0n) is 36.3. The van der Waals surface area contributed by atoms with Gasteiger partial charge < -0.3 is 50.8 Å². The number of fused-ring (bicyclic) bond motifs is 1. The van der Waals surface area contributed by atoms with Crippen LogP contribution < -0.4 is 16.0 Å². The van der Waals surface area contributed by atoms with Crippen LogP contribution in [0.15, 0.2) is 64.1 Å². The van der Waals surface area contributed by atoms with Crippen molar-refractivity contribution in [3.8, 4) is 0 Å². The van der Waals surface area contributed by atoms with E-state index in [1.54, 1.807) is 19.1 Å². The predicted octanol–water partition coefficient (Wildman–Crippen LogP) is 3.69. The van der Waals surface area contributed by atoms with Crippen LogP contribution in [0.1, 0.15) is 74.1 Å². The van der Waals surface area contributed by atoms with Crippen molar-refractivity contribution in [1.29, 1.82) is 0 Å². The summed E-state index contributed by atoms with van der Waals surface area (Å²) in [6.07, 6.45) is -0.163. The lowest BCUT2D eigenvalue weighted by Crippen LogP contribution is -2.63. The minimum absolute atomic E-state index is 0.0308. The van der Waals surface area contributed by atoms with Gasteiger partial charge in [-0.2, -0.15) is 0 Å². The molecule has 3 fully saturated rings. The number of nitrogens with zero attached hydrogens (tertiary/aromatic N) is 2. The SMILES string of the molecule is C[C@@H](O)[C@H]1C(=O)N2C(C(=O)O)=C(S[C@@H]3CN[C@H](C(=O)Nc4cccc(C(=O)O[C@H](C)[C@@H](C(=O)O)[C@@H]5N=C(OC=O)C(S[C@@H]6CC[C@H](C(=O)Nc7cccc(C(=O)O)c7)C6)[C@@H]5C)c4)C3)[C@H](C)[C@H]12. The number of nitrogens with one attached hydrogen (secondary N) is 3. The number of amides is 3. The molecule has 13 atom stereocenters. The largest absolute Gasteiger partial charge is 0.481 e. The summed E-state index contributed by atoms with van der Waals surface area (Å²) in [7, 11) is 0. The summed E-state index contributed by atoms with van der Waals surface area (Å²) < 4.78 is 11.0. The van der Waals surface area contributed by atoms with Crippen LogP contribution in [0, 0.1) is 29.6 Å². The normalized spacial score (nSPS) is 29.2. The molecule has 1 saturated carbocycles. The summed E-state index contributed by atoms with van der Waals surface area (Å²) in [4.78, 5) is 107. The maximum absolute atomic E-state index is 13.5. The number of carboxylic acids is 3. The number of aliphatic hydroxyl groups is 1. The van der Waals surface area contributed by atoms with E-state index in [1.165, 1.54) is 78.7 Å². The third kappa shape index (κ3) is 9.84. The third-order valence-corrected chi connectivity index (χ3v) is 16.3. The van der Waals surface area contributed by atoms with Crippen LogP contribution in [0.25, 0.3) is 0 Å². The molecule has 4 heterocycles. The summed E-state index contributed by atoms with van der Waals surface area (Å²) >= 11 is 2.74. The zero-order valence-corrected chi connectivity index (χ0v) is 38.0. The molecule has 1 unspecified atom stereocenters. The van der Waals surface area contributed by atoms with E-state index >= 15 is 0 Å². The molecule has 7 N–H and O–H groups in total. The van der Waals surface area contributed by atoms with Gasteiger partial charge in [0, 0.05) is 51.1 Å². The number of hydrogen-bond acceptors (Lipinski definition) is 15. The van der Waals surface area contributed by atoms with Crippen molar-refractivity contribution in [1.82, 2.24) is 10.2 Å². The molecule has 66 heavy (non-hydrogen) atoms. The average Bonchev–Trinajstić information content (AvgIpc) is 4.05. The fourth-order valence-corrected chi connectivity index (χ4v) is 12.9. The second-order valence-corrected chi connectivity index (χ2v) is 20.1. The van der Waals surface area contributed by atoms with Crippen LogP contribution in [0.5, 0.6) is 0 Å². The highest BCUT2D eigenvalue weighted by atomic mass is 32.2. The minimum Gasteiger partial charge on any atom is -0.481 e. The number of carboxylic acid groups (broad SMARTS) is 3. The summed E-state index contributed by atoms with van der Waals surface area (Å²) in [5, 5.41) is 47.8. The van der Waals surface area contributed by atoms with Gasteiger partial charge in [-0.05, 0) is 75.9 Å². The van der Waals surface area contributed by atoms with Gasteiger partial charge >= 0.3 is 23.9 Å². The molecule has 352 valence electrons. The molecule has 1 aliphatic carbocycles. The van der Waals surface area contributed by atoms with Crippen LogP contribution in [-0.2, 0) is 38.2 Å². The number of benzene rings is 2. The maximum Gasteiger partial charge on any atom is 0.353 e. The van der Waals surface area contributed by atoms with Crippen LogP contribution >= 0.6 is 23.5 Å². The van der Waals surface area contributed by atoms with E-state index in [2.05, 4.69) is 20.9 Å². The Hall–Kier alpha value is -5.77. The second kappa shape index (κ2) is 20.0. The fraction of sp³-hybridized carbons (Fsp3) is 0.489. The van der Waals surface area contributed by atoms with E-state index in [4.69, 9.17) is 9.47 Å². The Labute approximate surface area is 387 Å². The summed E-state index contributed by atoms with van der Waals surface area (Å²) in [6, 6.07) is 9.81. The van der Waals surface area contributed by atoms with Crippen molar-refractivity contribution in [2.24, 2.45) is 34.6 Å². The number of β-lactam (4-membered cyclic amide) rings is 1. The van der Waals surface area contributed by atoms with Crippen molar-refractivity contribution in [3.63, 3.8) is 0 Å². The first kappa shape index (κ1) is 48.2. The first-order valence-corrected chi connectivity index (χ1v) is 23.4. The van der Waals surface area contributed by atoms with Gasteiger partial charge in [0.1, 0.15) is 17.7 Å². The van der Waals surface area contributed by atoms with E-state index in [-0.39, 0.29) is 63.1 Å². The smallest absolute Gasteiger partial charge is 0.353 e. The number of rotatable bonds is 17. The highest BCUT2D eigenvalue weighted by molar-refractivity contribution is 8.03. The van der Waals surface area contributed by atoms with Crippen molar-refractivity contribution in [2.75, 3.05) is 17.2 Å². The Morgan fingerprint density at radius 1 is 0.909 bits per heavy atom. The molecule has 2 aromatic rings. The highest BCUT2D eigenvalue weighted by Gasteiger charge is 2.60. The van der Waals surface area contributed by atoms with Gasteiger partial charge in [-0.15, -0.1) is 23.5 Å². The van der Waals surface area contributed by atoms with Crippen LogP contribution in [0.2, 0.25) is 0 Å². The predicted molar refractivity (Wildman–Crippen MR) is 241 cm³/mol. The number of aliphatic carboxylic acids is 2. The van der Waals surface area contributed by atoms with Gasteiger partial charge in [-0.3, -0.25) is 24.0 Å². The molecule has 3 amide bonds. The lowest BCUT2D eigenvalue weighted by atomic mass is 9.79. The molecular formula is C45H51N5O14S2. The number of ether oxygens (including phenoxy) is 2. The van der Waals surface area contributed by atoms with Crippen molar-refractivity contribution in [2.45, 2.75) is 99.5 Å². The first-order valence-electron chi connectivity index (χ1n) is 21.6. The molecule has 0 radical (unpaired) electrons. The molecular weight excluding hydrogens is 899 g/mol. The van der Waals surface area contributed by atoms with Crippen molar-refractivity contribution < 1.29 is 68.3 Å². The monoisotopic (exact) mass is 949 g/mol. The number of thioether (sulfide) groups is 2.